The van der Waals surface area contributed by atoms with E-state index in [0.717, 1.165) is 0 Å². The number of nitrogens with one attached hydrogen (secondary N) is 1. The van der Waals surface area contributed by atoms with Crippen LogP contribution in [0.15, 0.2) is 4.99 Å². The molecule has 4 N–H and O–H groups in total. The van der Waals surface area contributed by atoms with Crippen LogP contribution in [0.5, 0.6) is 0 Å². The Kier molecular flexibility index (Phi) is 5.22. The van der Waals surface area contributed by atoms with Crippen LogP contribution in [0.4, 0.5) is 0 Å². The Hall–Kier alpha value is -0.810. The normalized spacial score (nSPS) is 17.4. The molecule has 0 saturated heterocycles. The minimum Gasteiger partial charge on any atom is -0.387 e. The van der Waals surface area contributed by atoms with E-state index in [1.54, 1.807) is 6.92 Å². The highest BCUT2D eigenvalue weighted by Gasteiger charge is 2.21. The maximum atomic E-state index is 10.00. The number of rotatable bonds is 4. The molecule has 0 rings (SSSR count). The summed E-state index contributed by atoms with van der Waals surface area (Å²) >= 11 is 0. The highest BCUT2D eigenvalue weighted by atomic mass is 16.3. The molecule has 0 saturated carbocycles. The Morgan fingerprint density at radius 3 is 2.19 bits per heavy atom. The monoisotopic (exact) mass is 230 g/mol. The van der Waals surface area contributed by atoms with E-state index >= 15 is 0 Å². The van der Waals surface area contributed by atoms with E-state index in [0.29, 0.717) is 19.0 Å². The summed E-state index contributed by atoms with van der Waals surface area (Å²) in [6.45, 7) is 8.62. The second-order valence-electron chi connectivity index (χ2n) is 5.81. The third-order valence-electron chi connectivity index (χ3n) is 1.75. The highest BCUT2D eigenvalue weighted by Crippen LogP contribution is 2.05. The molecule has 0 spiro atoms. The number of guanidine groups is 1. The topological polar surface area (TPSA) is 73.9 Å². The number of aliphatic hydroxyl groups is 1. The van der Waals surface area contributed by atoms with Crippen molar-refractivity contribution in [2.75, 3.05) is 27.2 Å². The quantitative estimate of drug-likeness (QED) is 0.469. The van der Waals surface area contributed by atoms with E-state index in [9.17, 15) is 5.11 Å². The lowest BCUT2D eigenvalue weighted by atomic mass is 10.1. The molecule has 96 valence electrons. The minimum atomic E-state index is -0.853. The molecule has 0 aromatic rings. The van der Waals surface area contributed by atoms with E-state index < -0.39 is 5.60 Å². The van der Waals surface area contributed by atoms with Crippen LogP contribution in [-0.2, 0) is 0 Å². The van der Waals surface area contributed by atoms with E-state index in [1.807, 2.05) is 39.8 Å². The van der Waals surface area contributed by atoms with Gasteiger partial charge in [0.2, 0.25) is 0 Å². The Morgan fingerprint density at radius 1 is 1.31 bits per heavy atom. The van der Waals surface area contributed by atoms with Gasteiger partial charge in [-0.3, -0.25) is 4.99 Å². The zero-order valence-electron chi connectivity index (χ0n) is 11.3. The smallest absolute Gasteiger partial charge is 0.189 e. The number of aliphatic imine (C=N–C) groups is 1. The average molecular weight is 230 g/mol. The number of likely N-dealkylation sites (N-methyl/N-ethyl adjacent to an activating group) is 1. The fourth-order valence-electron chi connectivity index (χ4n) is 1.41. The Balaban J connectivity index is 4.25. The van der Waals surface area contributed by atoms with Crippen LogP contribution in [0.3, 0.4) is 0 Å². The first kappa shape index (κ1) is 15.2. The lowest BCUT2D eigenvalue weighted by Gasteiger charge is -2.26. The van der Waals surface area contributed by atoms with E-state index in [-0.39, 0.29) is 5.54 Å². The third kappa shape index (κ3) is 8.49. The molecule has 0 radical (unpaired) electrons. The molecule has 0 bridgehead atoms. The van der Waals surface area contributed by atoms with Crippen LogP contribution in [0, 0.1) is 0 Å². The van der Waals surface area contributed by atoms with Crippen molar-refractivity contribution < 1.29 is 5.11 Å². The first-order chi connectivity index (χ1) is 7.02. The maximum absolute atomic E-state index is 10.00. The highest BCUT2D eigenvalue weighted by molar-refractivity contribution is 5.78. The molecule has 0 aromatic heterocycles. The molecule has 0 amide bonds. The van der Waals surface area contributed by atoms with Gasteiger partial charge in [-0.1, -0.05) is 0 Å². The van der Waals surface area contributed by atoms with Crippen LogP contribution in [0.1, 0.15) is 27.7 Å². The molecule has 0 aliphatic rings. The van der Waals surface area contributed by atoms with Gasteiger partial charge in [0, 0.05) is 12.1 Å². The van der Waals surface area contributed by atoms with Crippen molar-refractivity contribution in [2.45, 2.75) is 38.8 Å². The molecule has 16 heavy (non-hydrogen) atoms. The van der Waals surface area contributed by atoms with Gasteiger partial charge in [-0.2, -0.15) is 0 Å². The number of nitrogens with zero attached hydrogens (tertiary/aromatic N) is 2. The molecule has 0 aliphatic carbocycles. The van der Waals surface area contributed by atoms with Crippen molar-refractivity contribution in [2.24, 2.45) is 10.7 Å². The summed E-state index contributed by atoms with van der Waals surface area (Å²) in [5.41, 5.74) is 4.75. The summed E-state index contributed by atoms with van der Waals surface area (Å²) in [5, 5.41) is 13.0. The summed E-state index contributed by atoms with van der Waals surface area (Å²) in [5.74, 6) is 0.367. The van der Waals surface area contributed by atoms with E-state index in [1.165, 1.54) is 0 Å². The molecule has 0 aliphatic heterocycles. The van der Waals surface area contributed by atoms with E-state index in [4.69, 9.17) is 5.73 Å². The maximum Gasteiger partial charge on any atom is 0.189 e. The second kappa shape index (κ2) is 5.50. The van der Waals surface area contributed by atoms with Crippen LogP contribution >= 0.6 is 0 Å². The largest absolute Gasteiger partial charge is 0.387 e. The fraction of sp³-hybridized carbons (Fsp3) is 0.909. The fourth-order valence-corrected chi connectivity index (χ4v) is 1.41. The van der Waals surface area contributed by atoms with Crippen molar-refractivity contribution in [3.05, 3.63) is 0 Å². The lowest BCUT2D eigenvalue weighted by molar-refractivity contribution is 0.0424. The van der Waals surface area contributed by atoms with Crippen LogP contribution in [0.2, 0.25) is 0 Å². The van der Waals surface area contributed by atoms with Crippen LogP contribution < -0.4 is 11.1 Å². The van der Waals surface area contributed by atoms with Gasteiger partial charge < -0.3 is 21.1 Å². The van der Waals surface area contributed by atoms with Gasteiger partial charge in [0.25, 0.3) is 0 Å². The third-order valence-corrected chi connectivity index (χ3v) is 1.75. The lowest BCUT2D eigenvalue weighted by Crippen LogP contribution is -2.46. The average Bonchev–Trinajstić information content (AvgIpc) is 1.95. The summed E-state index contributed by atoms with van der Waals surface area (Å²) < 4.78 is 0. The summed E-state index contributed by atoms with van der Waals surface area (Å²) in [6, 6.07) is 0. The number of hydrogen-bond donors (Lipinski definition) is 3. The number of nitrogens with two attached hydrogens (primary N) is 1. The van der Waals surface area contributed by atoms with Gasteiger partial charge in [-0.15, -0.1) is 0 Å². The molecular weight excluding hydrogens is 204 g/mol. The first-order valence-electron chi connectivity index (χ1n) is 5.47. The summed E-state index contributed by atoms with van der Waals surface area (Å²) in [7, 11) is 3.82. The van der Waals surface area contributed by atoms with Crippen molar-refractivity contribution in [3.63, 3.8) is 0 Å². The van der Waals surface area contributed by atoms with Gasteiger partial charge in [0.1, 0.15) is 0 Å². The Labute approximate surface area is 98.7 Å². The Morgan fingerprint density at radius 2 is 1.81 bits per heavy atom. The zero-order chi connectivity index (χ0) is 13.0. The zero-order valence-corrected chi connectivity index (χ0v) is 11.3. The van der Waals surface area contributed by atoms with Gasteiger partial charge >= 0.3 is 0 Å². The van der Waals surface area contributed by atoms with Crippen molar-refractivity contribution >= 4 is 5.96 Å². The van der Waals surface area contributed by atoms with E-state index in [2.05, 4.69) is 10.3 Å². The second-order valence-corrected chi connectivity index (χ2v) is 5.81. The predicted molar refractivity (Wildman–Crippen MR) is 68.6 cm³/mol. The number of hydrogen-bond acceptors (Lipinski definition) is 3. The SMILES string of the molecule is CN(C)CC(C)(O)CN=C(N)NC(C)(C)C. The standard InChI is InChI=1S/C11H26N4O/c1-10(2,3)14-9(12)13-7-11(4,16)8-15(5)6/h16H,7-8H2,1-6H3,(H3,12,13,14). The minimum absolute atomic E-state index is 0.110. The van der Waals surface area contributed by atoms with Gasteiger partial charge in [-0.25, -0.2) is 0 Å². The molecule has 5 nitrogen and oxygen atoms in total. The molecular formula is C11H26N4O. The molecule has 0 fully saturated rings. The first-order valence-corrected chi connectivity index (χ1v) is 5.47. The molecule has 0 heterocycles. The predicted octanol–water partition coefficient (Wildman–Crippen LogP) is 0.00180. The van der Waals surface area contributed by atoms with Crippen molar-refractivity contribution in [1.82, 2.24) is 10.2 Å². The molecule has 5 heteroatoms. The summed E-state index contributed by atoms with van der Waals surface area (Å²) in [4.78, 5) is 6.06. The van der Waals surface area contributed by atoms with Gasteiger partial charge in [-0.05, 0) is 41.8 Å². The Bertz CT molecular complexity index is 241. The summed E-state index contributed by atoms with van der Waals surface area (Å²) in [6.07, 6.45) is 0. The molecule has 0 aromatic carbocycles. The van der Waals surface area contributed by atoms with Crippen LogP contribution in [0.25, 0.3) is 0 Å². The van der Waals surface area contributed by atoms with Crippen molar-refractivity contribution in [3.8, 4) is 0 Å². The van der Waals surface area contributed by atoms with Crippen LogP contribution in [-0.4, -0.2) is 54.3 Å². The van der Waals surface area contributed by atoms with Gasteiger partial charge in [0.15, 0.2) is 5.96 Å². The van der Waals surface area contributed by atoms with Crippen molar-refractivity contribution in [1.29, 1.82) is 0 Å². The molecule has 1 unspecified atom stereocenters. The molecule has 1 atom stereocenters. The van der Waals surface area contributed by atoms with Gasteiger partial charge in [0.05, 0.1) is 12.1 Å².